The van der Waals surface area contributed by atoms with Gasteiger partial charge in [-0.05, 0) is 36.8 Å². The maximum absolute atomic E-state index is 12.8. The van der Waals surface area contributed by atoms with Crippen LogP contribution in [0, 0.1) is 6.92 Å². The summed E-state index contributed by atoms with van der Waals surface area (Å²) in [6.45, 7) is 1.91. The Morgan fingerprint density at radius 1 is 1.05 bits per heavy atom. The lowest BCUT2D eigenvalue weighted by molar-refractivity contribution is 0.227. The summed E-state index contributed by atoms with van der Waals surface area (Å²) in [4.78, 5) is 4.26. The Morgan fingerprint density at radius 2 is 1.68 bits per heavy atom. The molecule has 2 aromatic rings. The molecule has 0 radical (unpaired) electrons. The summed E-state index contributed by atoms with van der Waals surface area (Å²) in [6, 6.07) is 13.6. The molecular weight excluding hydrogens is 322 g/mol. The van der Waals surface area contributed by atoms with E-state index in [0.29, 0.717) is 5.02 Å². The van der Waals surface area contributed by atoms with Gasteiger partial charge in [0, 0.05) is 5.02 Å². The largest absolute Gasteiger partial charge is 0.472 e. The molecule has 6 heteroatoms. The van der Waals surface area contributed by atoms with Crippen LogP contribution in [0.4, 0.5) is 0 Å². The van der Waals surface area contributed by atoms with E-state index < -0.39 is 21.3 Å². The Kier molecular flexibility index (Phi) is 3.93. The van der Waals surface area contributed by atoms with Crippen LogP contribution < -0.4 is 0 Å². The van der Waals surface area contributed by atoms with E-state index in [4.69, 9.17) is 16.3 Å². The van der Waals surface area contributed by atoms with Crippen LogP contribution in [0.2, 0.25) is 5.02 Å². The molecule has 0 saturated carbocycles. The van der Waals surface area contributed by atoms with Crippen molar-refractivity contribution in [2.45, 2.75) is 23.3 Å². The van der Waals surface area contributed by atoms with Gasteiger partial charge >= 0.3 is 0 Å². The molecule has 0 amide bonds. The zero-order valence-electron chi connectivity index (χ0n) is 11.8. The van der Waals surface area contributed by atoms with Crippen LogP contribution in [0.15, 0.2) is 58.4 Å². The van der Waals surface area contributed by atoms with Crippen LogP contribution in [0.5, 0.6) is 0 Å². The second kappa shape index (κ2) is 5.74. The lowest BCUT2D eigenvalue weighted by Crippen LogP contribution is -2.24. The van der Waals surface area contributed by atoms with Crippen LogP contribution in [-0.4, -0.2) is 20.2 Å². The minimum atomic E-state index is -3.62. The zero-order valence-corrected chi connectivity index (χ0v) is 13.4. The Hall–Kier alpha value is -1.85. The highest BCUT2D eigenvalue weighted by Gasteiger charge is 2.39. The molecule has 0 aliphatic carbocycles. The number of sulfone groups is 1. The average molecular weight is 336 g/mol. The summed E-state index contributed by atoms with van der Waals surface area (Å²) in [6.07, 6.45) is 0.541. The normalized spacial score (nSPS) is 20.8. The van der Waals surface area contributed by atoms with E-state index in [2.05, 4.69) is 4.99 Å². The highest BCUT2D eigenvalue weighted by molar-refractivity contribution is 7.92. The fourth-order valence-electron chi connectivity index (χ4n) is 2.31. The first kappa shape index (κ1) is 15.1. The smallest absolute Gasteiger partial charge is 0.205 e. The van der Waals surface area contributed by atoms with Gasteiger partial charge in [-0.1, -0.05) is 41.4 Å². The van der Waals surface area contributed by atoms with Crippen molar-refractivity contribution in [3.63, 3.8) is 0 Å². The molecule has 0 saturated heterocycles. The SMILES string of the molecule is Cc1ccc(S(=O)(=O)[C@H]2N=CO[C@@H]2c2ccc(Cl)cc2)cc1. The predicted molar refractivity (Wildman–Crippen MR) is 85.9 cm³/mol. The number of rotatable bonds is 3. The van der Waals surface area contributed by atoms with E-state index in [0.717, 1.165) is 11.1 Å². The summed E-state index contributed by atoms with van der Waals surface area (Å²) in [5.74, 6) is 0. The van der Waals surface area contributed by atoms with Crippen molar-refractivity contribution >= 4 is 27.8 Å². The molecular formula is C16H14ClNO3S. The summed E-state index contributed by atoms with van der Waals surface area (Å²) >= 11 is 5.87. The van der Waals surface area contributed by atoms with Gasteiger partial charge in [-0.2, -0.15) is 0 Å². The summed E-state index contributed by atoms with van der Waals surface area (Å²) in [5.41, 5.74) is 1.72. The van der Waals surface area contributed by atoms with Gasteiger partial charge in [-0.25, -0.2) is 13.4 Å². The van der Waals surface area contributed by atoms with Crippen molar-refractivity contribution in [3.05, 3.63) is 64.7 Å². The number of ether oxygens (including phenoxy) is 1. The van der Waals surface area contributed by atoms with Crippen molar-refractivity contribution in [1.29, 1.82) is 0 Å². The van der Waals surface area contributed by atoms with Gasteiger partial charge in [0.1, 0.15) is 0 Å². The van der Waals surface area contributed by atoms with Crippen LogP contribution in [-0.2, 0) is 14.6 Å². The third kappa shape index (κ3) is 2.74. The third-order valence-corrected chi connectivity index (χ3v) is 5.73. The molecule has 0 N–H and O–H groups in total. The van der Waals surface area contributed by atoms with Crippen molar-refractivity contribution < 1.29 is 13.2 Å². The molecule has 1 aliphatic rings. The van der Waals surface area contributed by atoms with Gasteiger partial charge in [0.2, 0.25) is 9.84 Å². The first-order valence-corrected chi connectivity index (χ1v) is 8.64. The topological polar surface area (TPSA) is 55.7 Å². The maximum Gasteiger partial charge on any atom is 0.205 e. The number of halogens is 1. The number of aryl methyl sites for hydroxylation is 1. The van der Waals surface area contributed by atoms with Crippen LogP contribution in [0.1, 0.15) is 17.2 Å². The van der Waals surface area contributed by atoms with Crippen molar-refractivity contribution in [3.8, 4) is 0 Å². The standard InChI is InChI=1S/C16H14ClNO3S/c1-11-2-8-14(9-3-11)22(19,20)16-15(21-10-18-16)12-4-6-13(17)7-5-12/h2-10,15-16H,1H3/t15-,16-/m1/s1. The Balaban J connectivity index is 1.96. The molecule has 0 fully saturated rings. The zero-order chi connectivity index (χ0) is 15.7. The quantitative estimate of drug-likeness (QED) is 0.862. The monoisotopic (exact) mass is 335 g/mol. The van der Waals surface area contributed by atoms with Crippen LogP contribution in [0.3, 0.4) is 0 Å². The first-order valence-electron chi connectivity index (χ1n) is 6.71. The Labute approximate surface area is 134 Å². The fraction of sp³-hybridized carbons (Fsp3) is 0.188. The van der Waals surface area contributed by atoms with E-state index in [-0.39, 0.29) is 4.90 Å². The predicted octanol–water partition coefficient (Wildman–Crippen LogP) is 3.55. The highest BCUT2D eigenvalue weighted by Crippen LogP contribution is 2.34. The lowest BCUT2D eigenvalue weighted by atomic mass is 10.1. The molecule has 3 rings (SSSR count). The molecule has 1 heterocycles. The Bertz CT molecular complexity index is 798. The third-order valence-electron chi connectivity index (χ3n) is 3.54. The Morgan fingerprint density at radius 3 is 2.32 bits per heavy atom. The van der Waals surface area contributed by atoms with E-state index in [9.17, 15) is 8.42 Å². The number of nitrogens with zero attached hydrogens (tertiary/aromatic N) is 1. The van der Waals surface area contributed by atoms with Gasteiger partial charge in [0.25, 0.3) is 0 Å². The van der Waals surface area contributed by atoms with Gasteiger partial charge in [-0.15, -0.1) is 0 Å². The summed E-state index contributed by atoms with van der Waals surface area (Å²) in [7, 11) is -3.62. The molecule has 0 bridgehead atoms. The number of hydrogen-bond donors (Lipinski definition) is 0. The van der Waals surface area contributed by atoms with E-state index in [1.54, 1.807) is 48.5 Å². The molecule has 0 spiro atoms. The van der Waals surface area contributed by atoms with Crippen LogP contribution in [0.25, 0.3) is 0 Å². The molecule has 22 heavy (non-hydrogen) atoms. The minimum absolute atomic E-state index is 0.240. The second-order valence-electron chi connectivity index (χ2n) is 5.11. The molecule has 2 atom stereocenters. The molecule has 0 unspecified atom stereocenters. The van der Waals surface area contributed by atoms with E-state index >= 15 is 0 Å². The highest BCUT2D eigenvalue weighted by atomic mass is 35.5. The van der Waals surface area contributed by atoms with Crippen molar-refractivity contribution in [2.24, 2.45) is 4.99 Å². The van der Waals surface area contributed by atoms with E-state index in [1.165, 1.54) is 6.40 Å². The van der Waals surface area contributed by atoms with Crippen molar-refractivity contribution in [1.82, 2.24) is 0 Å². The number of benzene rings is 2. The average Bonchev–Trinajstić information content (AvgIpc) is 2.99. The van der Waals surface area contributed by atoms with Gasteiger partial charge in [0.05, 0.1) is 4.90 Å². The van der Waals surface area contributed by atoms with Crippen LogP contribution >= 0.6 is 11.6 Å². The van der Waals surface area contributed by atoms with Crippen molar-refractivity contribution in [2.75, 3.05) is 0 Å². The fourth-order valence-corrected chi connectivity index (χ4v) is 3.99. The molecule has 2 aromatic carbocycles. The minimum Gasteiger partial charge on any atom is -0.472 e. The van der Waals surface area contributed by atoms with E-state index in [1.807, 2.05) is 6.92 Å². The molecule has 1 aliphatic heterocycles. The second-order valence-corrected chi connectivity index (χ2v) is 7.59. The van der Waals surface area contributed by atoms with Gasteiger partial charge in [-0.3, -0.25) is 0 Å². The number of hydrogen-bond acceptors (Lipinski definition) is 4. The lowest BCUT2D eigenvalue weighted by Gasteiger charge is -2.18. The van der Waals surface area contributed by atoms with Gasteiger partial charge in [0.15, 0.2) is 17.9 Å². The number of aliphatic imine (C=N–C) groups is 1. The molecule has 114 valence electrons. The van der Waals surface area contributed by atoms with Gasteiger partial charge < -0.3 is 4.74 Å². The summed E-state index contributed by atoms with van der Waals surface area (Å²) < 4.78 is 31.0. The summed E-state index contributed by atoms with van der Waals surface area (Å²) in [5, 5.41) is -0.406. The molecule has 4 nitrogen and oxygen atoms in total. The maximum atomic E-state index is 12.8. The first-order chi connectivity index (χ1) is 10.5. The molecule has 0 aromatic heterocycles.